The van der Waals surface area contributed by atoms with E-state index in [1.807, 2.05) is 6.07 Å². The maximum absolute atomic E-state index is 13.8. The normalized spacial score (nSPS) is 14.8. The fourth-order valence-corrected chi connectivity index (χ4v) is 5.39. The number of carboxylic acid groups (broad SMARTS) is 1. The molecule has 1 heterocycles. The highest BCUT2D eigenvalue weighted by molar-refractivity contribution is 9.10. The van der Waals surface area contributed by atoms with E-state index in [0.29, 0.717) is 24.9 Å². The van der Waals surface area contributed by atoms with Crippen LogP contribution in [0.4, 0.5) is 17.6 Å². The summed E-state index contributed by atoms with van der Waals surface area (Å²) in [5.41, 5.74) is 5.72. The monoisotopic (exact) mass is 690 g/mol. The molecule has 3 aromatic carbocycles. The van der Waals surface area contributed by atoms with E-state index in [0.717, 1.165) is 67.2 Å². The van der Waals surface area contributed by atoms with Gasteiger partial charge in [0.15, 0.2) is 0 Å². The Labute approximate surface area is 268 Å². The molecule has 0 unspecified atom stereocenters. The molecule has 0 aromatic heterocycles. The van der Waals surface area contributed by atoms with Crippen LogP contribution >= 0.6 is 15.9 Å². The van der Waals surface area contributed by atoms with Crippen molar-refractivity contribution >= 4 is 33.4 Å². The van der Waals surface area contributed by atoms with Crippen molar-refractivity contribution < 1.29 is 37.0 Å². The van der Waals surface area contributed by atoms with Gasteiger partial charge < -0.3 is 20.1 Å². The highest BCUT2D eigenvalue weighted by atomic mass is 79.9. The van der Waals surface area contributed by atoms with Gasteiger partial charge in [0.25, 0.3) is 5.91 Å². The lowest BCUT2D eigenvalue weighted by atomic mass is 9.92. The average molecular weight is 692 g/mol. The summed E-state index contributed by atoms with van der Waals surface area (Å²) in [5, 5.41) is 10.5. The summed E-state index contributed by atoms with van der Waals surface area (Å²) < 4.78 is 51.7. The van der Waals surface area contributed by atoms with Gasteiger partial charge in [-0.25, -0.2) is 9.18 Å². The number of benzene rings is 3. The van der Waals surface area contributed by atoms with E-state index in [-0.39, 0.29) is 11.7 Å². The first-order chi connectivity index (χ1) is 21.5. The van der Waals surface area contributed by atoms with Gasteiger partial charge in [0.2, 0.25) is 0 Å². The fourth-order valence-electron chi connectivity index (χ4n) is 5.03. The van der Waals surface area contributed by atoms with Crippen LogP contribution in [0.15, 0.2) is 82.8 Å². The molecule has 2 aliphatic rings. The Morgan fingerprint density at radius 1 is 0.978 bits per heavy atom. The summed E-state index contributed by atoms with van der Waals surface area (Å²) in [6.07, 6.45) is 0.558. The number of rotatable bonds is 11. The van der Waals surface area contributed by atoms with Crippen molar-refractivity contribution in [1.29, 1.82) is 0 Å². The summed E-state index contributed by atoms with van der Waals surface area (Å²) in [6, 6.07) is 23.9. The van der Waals surface area contributed by atoms with Crippen LogP contribution in [0.1, 0.15) is 42.4 Å². The first-order valence-electron chi connectivity index (χ1n) is 14.8. The van der Waals surface area contributed by atoms with E-state index in [2.05, 4.69) is 74.7 Å². The predicted molar refractivity (Wildman–Crippen MR) is 167 cm³/mol. The third kappa shape index (κ3) is 10.4. The minimum absolute atomic E-state index is 0.190. The second-order valence-electron chi connectivity index (χ2n) is 10.9. The third-order valence-electron chi connectivity index (χ3n) is 7.51. The number of carbonyl (C=O) groups excluding carboxylic acids is 1. The molecule has 45 heavy (non-hydrogen) atoms. The molecule has 6 nitrogen and oxygen atoms in total. The van der Waals surface area contributed by atoms with Gasteiger partial charge in [0.05, 0.1) is 11.1 Å². The van der Waals surface area contributed by atoms with Crippen molar-refractivity contribution in [2.24, 2.45) is 0 Å². The summed E-state index contributed by atoms with van der Waals surface area (Å²) in [7, 11) is 0. The van der Waals surface area contributed by atoms with Crippen molar-refractivity contribution in [2.75, 3.05) is 26.2 Å². The number of carbonyl (C=O) groups is 2. The minimum atomic E-state index is -5.08. The first-order valence-corrected chi connectivity index (χ1v) is 15.6. The molecule has 1 amide bonds. The van der Waals surface area contributed by atoms with Gasteiger partial charge in [-0.3, -0.25) is 4.79 Å². The Morgan fingerprint density at radius 3 is 2.29 bits per heavy atom. The quantitative estimate of drug-likeness (QED) is 0.164. The van der Waals surface area contributed by atoms with Crippen LogP contribution in [0.25, 0.3) is 5.57 Å². The van der Waals surface area contributed by atoms with Crippen LogP contribution in [-0.2, 0) is 22.4 Å². The molecule has 0 saturated heterocycles. The highest BCUT2D eigenvalue weighted by Gasteiger charge is 2.38. The van der Waals surface area contributed by atoms with Crippen LogP contribution in [-0.4, -0.2) is 60.3 Å². The van der Waals surface area contributed by atoms with Gasteiger partial charge >= 0.3 is 12.1 Å². The standard InChI is InChI=1S/C32H34BrFN2O2.C2HF3O2/c33-30-15-12-26(34)21-31(30)38-20-4-7-24-8-10-25(11-9-24)28-16-18-35-22-29(28)32(37)36(27-13-14-27)19-17-23-5-2-1-3-6-23;3-2(4,5)1(6)7/h1-3,5-6,8-12,15,21,27,35H,4,7,13-14,16-20,22H2;(H,6,7). The van der Waals surface area contributed by atoms with Crippen LogP contribution in [0.5, 0.6) is 5.75 Å². The molecular weight excluding hydrogens is 656 g/mol. The van der Waals surface area contributed by atoms with Gasteiger partial charge in [-0.2, -0.15) is 13.2 Å². The molecule has 5 rings (SSSR count). The number of ether oxygens (including phenoxy) is 1. The summed E-state index contributed by atoms with van der Waals surface area (Å²) in [5.74, 6) is -2.34. The van der Waals surface area contributed by atoms with Crippen LogP contribution in [0.2, 0.25) is 0 Å². The van der Waals surface area contributed by atoms with Gasteiger partial charge in [-0.15, -0.1) is 0 Å². The van der Waals surface area contributed by atoms with Crippen molar-refractivity contribution in [2.45, 2.75) is 50.7 Å². The average Bonchev–Trinajstić information content (AvgIpc) is 3.87. The van der Waals surface area contributed by atoms with Crippen molar-refractivity contribution in [1.82, 2.24) is 10.2 Å². The van der Waals surface area contributed by atoms with E-state index in [1.165, 1.54) is 28.8 Å². The van der Waals surface area contributed by atoms with Crippen molar-refractivity contribution in [3.8, 4) is 5.75 Å². The molecule has 1 fully saturated rings. The summed E-state index contributed by atoms with van der Waals surface area (Å²) in [6.45, 7) is 2.78. The molecule has 1 aliphatic carbocycles. The molecule has 0 radical (unpaired) electrons. The van der Waals surface area contributed by atoms with Crippen molar-refractivity contribution in [3.63, 3.8) is 0 Å². The van der Waals surface area contributed by atoms with Crippen LogP contribution in [0.3, 0.4) is 0 Å². The zero-order valence-electron chi connectivity index (χ0n) is 24.6. The van der Waals surface area contributed by atoms with E-state index in [1.54, 1.807) is 6.07 Å². The third-order valence-corrected chi connectivity index (χ3v) is 8.17. The van der Waals surface area contributed by atoms with Crippen LogP contribution < -0.4 is 10.1 Å². The molecule has 0 atom stereocenters. The molecule has 3 aromatic rings. The number of hydrogen-bond donors (Lipinski definition) is 2. The van der Waals surface area contributed by atoms with Crippen LogP contribution in [0, 0.1) is 5.82 Å². The molecule has 2 N–H and O–H groups in total. The lowest BCUT2D eigenvalue weighted by molar-refractivity contribution is -0.192. The number of nitrogens with zero attached hydrogens (tertiary/aromatic N) is 1. The maximum Gasteiger partial charge on any atom is 0.490 e. The van der Waals surface area contributed by atoms with E-state index < -0.39 is 12.1 Å². The molecule has 0 bridgehead atoms. The van der Waals surface area contributed by atoms with Gasteiger partial charge in [0, 0.05) is 30.8 Å². The van der Waals surface area contributed by atoms with Gasteiger partial charge in [-0.05, 0) is 95.4 Å². The Bertz CT molecular complexity index is 1480. The number of hydrogen-bond acceptors (Lipinski definition) is 4. The lowest BCUT2D eigenvalue weighted by Crippen LogP contribution is -2.40. The molecule has 1 aliphatic heterocycles. The molecule has 1 saturated carbocycles. The SMILES string of the molecule is O=C(C1=C(c2ccc(CCCOc3cc(F)ccc3Br)cc2)CCNC1)N(CCc1ccccc1)C1CC1.O=C(O)C(F)(F)F. The Hall–Kier alpha value is -3.70. The topological polar surface area (TPSA) is 78.9 Å². The number of aliphatic carboxylic acids is 1. The summed E-state index contributed by atoms with van der Waals surface area (Å²) >= 11 is 3.40. The fraction of sp³-hybridized carbons (Fsp3) is 0.353. The number of carboxylic acids is 1. The highest BCUT2D eigenvalue weighted by Crippen LogP contribution is 2.32. The second kappa shape index (κ2) is 16.0. The predicted octanol–water partition coefficient (Wildman–Crippen LogP) is 7.21. The second-order valence-corrected chi connectivity index (χ2v) is 11.7. The zero-order valence-corrected chi connectivity index (χ0v) is 26.2. The Balaban J connectivity index is 0.000000591. The zero-order chi connectivity index (χ0) is 32.4. The van der Waals surface area contributed by atoms with Gasteiger partial charge in [-0.1, -0.05) is 54.6 Å². The Morgan fingerprint density at radius 2 is 1.64 bits per heavy atom. The van der Waals surface area contributed by atoms with Crippen molar-refractivity contribution in [3.05, 3.63) is 105 Å². The molecule has 240 valence electrons. The number of aryl methyl sites for hydroxylation is 1. The van der Waals surface area contributed by atoms with E-state index in [9.17, 15) is 22.4 Å². The van der Waals surface area contributed by atoms with E-state index in [4.69, 9.17) is 14.6 Å². The lowest BCUT2D eigenvalue weighted by Gasteiger charge is -2.28. The first kappa shape index (κ1) is 34.2. The minimum Gasteiger partial charge on any atom is -0.492 e. The largest absolute Gasteiger partial charge is 0.492 e. The molecular formula is C34H35BrF4N2O4. The molecule has 0 spiro atoms. The molecule has 11 heteroatoms. The number of amides is 1. The smallest absolute Gasteiger partial charge is 0.490 e. The van der Waals surface area contributed by atoms with Gasteiger partial charge in [0.1, 0.15) is 11.6 Å². The number of alkyl halides is 3. The van der Waals surface area contributed by atoms with E-state index >= 15 is 0 Å². The maximum atomic E-state index is 13.8. The summed E-state index contributed by atoms with van der Waals surface area (Å²) in [4.78, 5) is 24.8. The number of halogens is 5. The Kier molecular flexibility index (Phi) is 12.2. The number of nitrogens with one attached hydrogen (secondary N) is 1.